The van der Waals surface area contributed by atoms with Crippen LogP contribution in [0.4, 0.5) is 4.39 Å². The molecule has 0 spiro atoms. The first-order chi connectivity index (χ1) is 18.5. The molecule has 200 valence electrons. The Kier molecular flexibility index (Phi) is 7.77. The molecule has 8 heteroatoms. The summed E-state index contributed by atoms with van der Waals surface area (Å²) in [7, 11) is 0. The van der Waals surface area contributed by atoms with Gasteiger partial charge in [0.15, 0.2) is 0 Å². The van der Waals surface area contributed by atoms with Crippen LogP contribution in [0.25, 0.3) is 0 Å². The van der Waals surface area contributed by atoms with Crippen LogP contribution < -0.4 is 0 Å². The Hall–Kier alpha value is -3.68. The molecule has 2 amide bonds. The Morgan fingerprint density at radius 3 is 2.32 bits per heavy atom. The zero-order chi connectivity index (χ0) is 26.6. The highest BCUT2D eigenvalue weighted by Gasteiger charge is 2.47. The maximum absolute atomic E-state index is 14.0. The van der Waals surface area contributed by atoms with Crippen LogP contribution in [-0.4, -0.2) is 71.3 Å². The summed E-state index contributed by atoms with van der Waals surface area (Å²) in [6.45, 7) is 4.33. The number of carbonyl (C=O) groups excluding carboxylic acids is 3. The van der Waals surface area contributed by atoms with E-state index in [0.29, 0.717) is 38.3 Å². The van der Waals surface area contributed by atoms with Gasteiger partial charge >= 0.3 is 5.97 Å². The molecule has 1 saturated carbocycles. The number of nitrogens with zero attached hydrogens (tertiary/aromatic N) is 3. The number of hydrogen-bond donors (Lipinski definition) is 0. The fourth-order valence-corrected chi connectivity index (χ4v) is 6.07. The van der Waals surface area contributed by atoms with Gasteiger partial charge in [0.25, 0.3) is 11.8 Å². The third kappa shape index (κ3) is 5.17. The number of fused-ring (bicyclic) bond motifs is 1. The van der Waals surface area contributed by atoms with Crippen molar-refractivity contribution in [3.8, 4) is 0 Å². The van der Waals surface area contributed by atoms with Crippen molar-refractivity contribution in [3.05, 3.63) is 82.8 Å². The lowest BCUT2D eigenvalue weighted by molar-refractivity contribution is -0.145. The first-order valence-electron chi connectivity index (χ1n) is 13.5. The summed E-state index contributed by atoms with van der Waals surface area (Å²) in [6.07, 6.45) is 3.88. The highest BCUT2D eigenvalue weighted by molar-refractivity contribution is 6.17. The van der Waals surface area contributed by atoms with Crippen molar-refractivity contribution >= 4 is 17.8 Å². The molecule has 3 aliphatic rings. The van der Waals surface area contributed by atoms with Gasteiger partial charge in [0.05, 0.1) is 6.61 Å². The van der Waals surface area contributed by atoms with Crippen molar-refractivity contribution in [2.24, 2.45) is 5.92 Å². The predicted octanol–water partition coefficient (Wildman–Crippen LogP) is 4.00. The highest BCUT2D eigenvalue weighted by Crippen LogP contribution is 2.42. The standard InChI is InChI=1S/C30H34FN3O4/c1-2-38-30(37)26-27(32-16-18-33(19-17-32)28(35)22-12-14-23(31)15-13-22)24-10-6-7-11-25(24)34(29(26)36)20-21-8-4-3-5-9-21/h3-5,8-9,12-15,24-25H,2,6-7,10-11,16-20H2,1H3. The number of rotatable bonds is 6. The average molecular weight is 520 g/mol. The van der Waals surface area contributed by atoms with E-state index in [-0.39, 0.29) is 41.8 Å². The Balaban J connectivity index is 1.43. The summed E-state index contributed by atoms with van der Waals surface area (Å²) < 4.78 is 18.7. The molecule has 38 heavy (non-hydrogen) atoms. The van der Waals surface area contributed by atoms with Crippen LogP contribution in [-0.2, 0) is 20.9 Å². The third-order valence-corrected chi connectivity index (χ3v) is 7.89. The van der Waals surface area contributed by atoms with Crippen molar-refractivity contribution in [2.45, 2.75) is 45.2 Å². The molecular formula is C30H34FN3O4. The zero-order valence-electron chi connectivity index (χ0n) is 21.8. The Morgan fingerprint density at radius 1 is 0.947 bits per heavy atom. The number of ether oxygens (including phenoxy) is 1. The largest absolute Gasteiger partial charge is 0.462 e. The second-order valence-electron chi connectivity index (χ2n) is 10.1. The molecule has 0 bridgehead atoms. The van der Waals surface area contributed by atoms with Gasteiger partial charge in [-0.05, 0) is 49.6 Å². The van der Waals surface area contributed by atoms with Crippen LogP contribution in [0, 0.1) is 11.7 Å². The second-order valence-corrected chi connectivity index (χ2v) is 10.1. The number of halogens is 1. The van der Waals surface area contributed by atoms with E-state index in [1.807, 2.05) is 35.2 Å². The molecule has 2 heterocycles. The van der Waals surface area contributed by atoms with Gasteiger partial charge in [0, 0.05) is 55.9 Å². The highest BCUT2D eigenvalue weighted by atomic mass is 19.1. The molecule has 0 N–H and O–H groups in total. The van der Waals surface area contributed by atoms with Crippen molar-refractivity contribution in [1.29, 1.82) is 0 Å². The van der Waals surface area contributed by atoms with Gasteiger partial charge in [-0.25, -0.2) is 9.18 Å². The molecule has 0 aromatic heterocycles. The number of esters is 1. The van der Waals surface area contributed by atoms with E-state index >= 15 is 0 Å². The average Bonchev–Trinajstić information content (AvgIpc) is 2.95. The van der Waals surface area contributed by atoms with Gasteiger partial charge in [0.1, 0.15) is 11.4 Å². The van der Waals surface area contributed by atoms with E-state index in [2.05, 4.69) is 4.90 Å². The maximum atomic E-state index is 14.0. The summed E-state index contributed by atoms with van der Waals surface area (Å²) in [6, 6.07) is 15.5. The minimum atomic E-state index is -0.570. The van der Waals surface area contributed by atoms with Crippen LogP contribution in [0.15, 0.2) is 65.9 Å². The van der Waals surface area contributed by atoms with E-state index < -0.39 is 5.97 Å². The van der Waals surface area contributed by atoms with Gasteiger partial charge < -0.3 is 19.4 Å². The van der Waals surface area contributed by atoms with E-state index in [4.69, 9.17) is 4.74 Å². The van der Waals surface area contributed by atoms with Gasteiger partial charge in [0.2, 0.25) is 0 Å². The lowest BCUT2D eigenvalue weighted by Crippen LogP contribution is -2.57. The summed E-state index contributed by atoms with van der Waals surface area (Å²) in [5.41, 5.74) is 2.41. The molecule has 2 aromatic rings. The maximum Gasteiger partial charge on any atom is 0.345 e. The molecule has 2 fully saturated rings. The molecule has 7 nitrogen and oxygen atoms in total. The summed E-state index contributed by atoms with van der Waals surface area (Å²) in [4.78, 5) is 46.0. The number of piperazine rings is 1. The second kappa shape index (κ2) is 11.4. The van der Waals surface area contributed by atoms with Gasteiger partial charge in [-0.15, -0.1) is 0 Å². The molecular weight excluding hydrogens is 485 g/mol. The number of benzene rings is 2. The van der Waals surface area contributed by atoms with Gasteiger partial charge in [-0.3, -0.25) is 9.59 Å². The van der Waals surface area contributed by atoms with E-state index in [1.165, 1.54) is 24.3 Å². The molecule has 2 aliphatic heterocycles. The lowest BCUT2D eigenvalue weighted by atomic mass is 9.76. The van der Waals surface area contributed by atoms with Crippen molar-refractivity contribution in [3.63, 3.8) is 0 Å². The van der Waals surface area contributed by atoms with Crippen LogP contribution in [0.1, 0.15) is 48.5 Å². The van der Waals surface area contributed by atoms with E-state index in [9.17, 15) is 18.8 Å². The topological polar surface area (TPSA) is 70.2 Å². The molecule has 2 atom stereocenters. The SMILES string of the molecule is CCOC(=O)C1=C(N2CCN(C(=O)c3ccc(F)cc3)CC2)C2CCCCC2N(Cc2ccccc2)C1=O. The van der Waals surface area contributed by atoms with Crippen molar-refractivity contribution in [1.82, 2.24) is 14.7 Å². The smallest absolute Gasteiger partial charge is 0.345 e. The normalized spacial score (nSPS) is 21.8. The van der Waals surface area contributed by atoms with E-state index in [1.54, 1.807) is 11.8 Å². The summed E-state index contributed by atoms with van der Waals surface area (Å²) in [5.74, 6) is -1.32. The third-order valence-electron chi connectivity index (χ3n) is 7.89. The minimum absolute atomic E-state index is 0.0171. The summed E-state index contributed by atoms with van der Waals surface area (Å²) >= 11 is 0. The number of amides is 2. The van der Waals surface area contributed by atoms with Gasteiger partial charge in [-0.2, -0.15) is 0 Å². The van der Waals surface area contributed by atoms with Crippen LogP contribution in [0.2, 0.25) is 0 Å². The van der Waals surface area contributed by atoms with Crippen LogP contribution in [0.5, 0.6) is 0 Å². The van der Waals surface area contributed by atoms with Crippen molar-refractivity contribution < 1.29 is 23.5 Å². The quantitative estimate of drug-likeness (QED) is 0.426. The van der Waals surface area contributed by atoms with Gasteiger partial charge in [-0.1, -0.05) is 43.2 Å². The van der Waals surface area contributed by atoms with Crippen LogP contribution in [0.3, 0.4) is 0 Å². The predicted molar refractivity (Wildman–Crippen MR) is 140 cm³/mol. The van der Waals surface area contributed by atoms with E-state index in [0.717, 1.165) is 36.9 Å². The Morgan fingerprint density at radius 2 is 1.63 bits per heavy atom. The number of carbonyl (C=O) groups is 3. The molecule has 0 radical (unpaired) electrons. The number of hydrogen-bond acceptors (Lipinski definition) is 5. The summed E-state index contributed by atoms with van der Waals surface area (Å²) in [5, 5.41) is 0. The molecule has 1 saturated heterocycles. The fourth-order valence-electron chi connectivity index (χ4n) is 6.07. The molecule has 5 rings (SSSR count). The molecule has 2 unspecified atom stereocenters. The Bertz CT molecular complexity index is 1210. The molecule has 1 aliphatic carbocycles. The fraction of sp³-hybridized carbons (Fsp3) is 0.433. The first kappa shape index (κ1) is 25.9. The first-order valence-corrected chi connectivity index (χ1v) is 13.5. The van der Waals surface area contributed by atoms with Crippen LogP contribution >= 0.6 is 0 Å². The minimum Gasteiger partial charge on any atom is -0.462 e. The lowest BCUT2D eigenvalue weighted by Gasteiger charge is -2.49. The van der Waals surface area contributed by atoms with Crippen molar-refractivity contribution in [2.75, 3.05) is 32.8 Å². The zero-order valence-corrected chi connectivity index (χ0v) is 21.8. The monoisotopic (exact) mass is 519 g/mol. The molecule has 2 aromatic carbocycles. The Labute approximate surface area is 222 Å².